The summed E-state index contributed by atoms with van der Waals surface area (Å²) in [5.41, 5.74) is 1.59. The Morgan fingerprint density at radius 1 is 0.864 bits per heavy atom. The van der Waals surface area contributed by atoms with Crippen LogP contribution in [0.5, 0.6) is 0 Å². The number of allylic oxidation sites excluding steroid dienone is 1. The molecule has 44 heavy (non-hydrogen) atoms. The second-order valence-corrected chi connectivity index (χ2v) is 11.8. The summed E-state index contributed by atoms with van der Waals surface area (Å²) >= 11 is 0. The molecule has 0 fully saturated rings. The highest BCUT2D eigenvalue weighted by Gasteiger charge is 2.09. The number of hydrogen-bond acceptors (Lipinski definition) is 7. The number of carboxylic acid groups (broad SMARTS) is 1. The molecule has 0 amide bonds. The van der Waals surface area contributed by atoms with Crippen LogP contribution in [0, 0.1) is 0 Å². The van der Waals surface area contributed by atoms with Gasteiger partial charge in [-0.15, -0.1) is 0 Å². The minimum Gasteiger partial charge on any atom is -0.478 e. The van der Waals surface area contributed by atoms with Crippen molar-refractivity contribution in [2.75, 3.05) is 26.8 Å². The Labute approximate surface area is 263 Å². The lowest BCUT2D eigenvalue weighted by molar-refractivity contribution is 0.0600. The summed E-state index contributed by atoms with van der Waals surface area (Å²) in [7, 11) is -2.76. The van der Waals surface area contributed by atoms with E-state index in [0.29, 0.717) is 0 Å². The zero-order chi connectivity index (χ0) is 32.6. The van der Waals surface area contributed by atoms with Crippen molar-refractivity contribution in [1.29, 1.82) is 0 Å². The minimum absolute atomic E-state index is 0.0721. The number of carbonyl (C=O) groups excluding carboxylic acids is 1. The summed E-state index contributed by atoms with van der Waals surface area (Å²) in [6.45, 7) is 4.73. The average Bonchev–Trinajstić information content (AvgIpc) is 3.03. The van der Waals surface area contributed by atoms with Crippen LogP contribution >= 0.6 is 0 Å². The van der Waals surface area contributed by atoms with E-state index in [0.717, 1.165) is 13.0 Å². The molecule has 0 aromatic heterocycles. The van der Waals surface area contributed by atoms with Crippen LogP contribution < -0.4 is 0 Å². The number of carbonyl (C=O) groups is 2. The van der Waals surface area contributed by atoms with E-state index in [9.17, 15) is 18.0 Å². The molecule has 0 saturated carbocycles. The number of aromatic carboxylic acids is 1. The first-order valence-electron chi connectivity index (χ1n) is 15.3. The molecule has 0 aliphatic carbocycles. The number of esters is 1. The number of rotatable bonds is 16. The van der Waals surface area contributed by atoms with Gasteiger partial charge in [0.05, 0.1) is 23.1 Å². The molecule has 3 rings (SSSR count). The molecule has 2 aromatic rings. The van der Waals surface area contributed by atoms with Gasteiger partial charge in [0.1, 0.15) is 0 Å². The molecule has 3 N–H and O–H groups in total. The second kappa shape index (κ2) is 23.0. The number of carboxylic acids is 1. The fraction of sp³-hybridized carbons (Fsp3) is 0.471. The van der Waals surface area contributed by atoms with Crippen LogP contribution in [0.1, 0.15) is 98.3 Å². The molecule has 1 aliphatic heterocycles. The van der Waals surface area contributed by atoms with E-state index in [1.54, 1.807) is 18.2 Å². The maximum Gasteiger partial charge on any atom is 0.337 e. The van der Waals surface area contributed by atoms with Crippen LogP contribution in [0.15, 0.2) is 83.4 Å². The normalized spacial score (nSPS) is 12.3. The van der Waals surface area contributed by atoms with Gasteiger partial charge >= 0.3 is 11.9 Å². The summed E-state index contributed by atoms with van der Waals surface area (Å²) in [5, 5.41) is 17.5. The van der Waals surface area contributed by atoms with Crippen molar-refractivity contribution >= 4 is 22.1 Å². The molecule has 2 aromatic carbocycles. The van der Waals surface area contributed by atoms with Crippen molar-refractivity contribution in [1.82, 2.24) is 4.90 Å². The van der Waals surface area contributed by atoms with E-state index >= 15 is 0 Å². The van der Waals surface area contributed by atoms with Gasteiger partial charge in [-0.1, -0.05) is 95.1 Å². The fourth-order valence-corrected chi connectivity index (χ4v) is 4.84. The van der Waals surface area contributed by atoms with Crippen molar-refractivity contribution in [2.24, 2.45) is 0 Å². The molecule has 0 atom stereocenters. The van der Waals surface area contributed by atoms with E-state index in [1.807, 2.05) is 0 Å². The number of hydrogen-bond donors (Lipinski definition) is 3. The van der Waals surface area contributed by atoms with Crippen LogP contribution in [-0.4, -0.2) is 66.8 Å². The molecule has 1 heterocycles. The zero-order valence-corrected chi connectivity index (χ0v) is 26.9. The molecule has 0 radical (unpaired) electrons. The van der Waals surface area contributed by atoms with Crippen molar-refractivity contribution in [3.05, 3.63) is 89.6 Å². The van der Waals surface area contributed by atoms with Crippen LogP contribution in [-0.2, 0) is 14.9 Å². The SMILES string of the molecule is CCCCCCCCCCCCN1C=CC(CCO)=CC1.COC(=O)c1cccc(C(=O)O)c1.O=S(=O)(O)c1ccccc1. The summed E-state index contributed by atoms with van der Waals surface area (Å²) < 4.78 is 33.7. The van der Waals surface area contributed by atoms with E-state index in [2.05, 4.69) is 34.9 Å². The molecule has 1 aliphatic rings. The second-order valence-electron chi connectivity index (χ2n) is 10.4. The number of methoxy groups -OCH3 is 1. The van der Waals surface area contributed by atoms with E-state index in [1.165, 1.54) is 120 Å². The summed E-state index contributed by atoms with van der Waals surface area (Å²) in [6, 6.07) is 13.1. The van der Waals surface area contributed by atoms with Gasteiger partial charge in [0.25, 0.3) is 10.1 Å². The van der Waals surface area contributed by atoms with Crippen LogP contribution in [0.2, 0.25) is 0 Å². The number of ether oxygens (including phenoxy) is 1. The van der Waals surface area contributed by atoms with Gasteiger partial charge in [0, 0.05) is 19.7 Å². The lowest BCUT2D eigenvalue weighted by atomic mass is 10.1. The maximum absolute atomic E-state index is 11.0. The highest BCUT2D eigenvalue weighted by molar-refractivity contribution is 7.85. The Balaban J connectivity index is 0.000000358. The predicted octanol–water partition coefficient (Wildman–Crippen LogP) is 7.15. The first-order valence-corrected chi connectivity index (χ1v) is 16.7. The Kier molecular flexibility index (Phi) is 20.1. The third kappa shape index (κ3) is 17.6. The van der Waals surface area contributed by atoms with E-state index in [4.69, 9.17) is 14.8 Å². The number of aliphatic hydroxyl groups is 1. The Morgan fingerprint density at radius 2 is 1.45 bits per heavy atom. The molecule has 0 spiro atoms. The molecule has 9 nitrogen and oxygen atoms in total. The van der Waals surface area contributed by atoms with Gasteiger partial charge in [-0.2, -0.15) is 8.42 Å². The molecule has 0 bridgehead atoms. The predicted molar refractivity (Wildman–Crippen MR) is 173 cm³/mol. The van der Waals surface area contributed by atoms with Crippen molar-refractivity contribution in [3.63, 3.8) is 0 Å². The number of aliphatic hydroxyl groups excluding tert-OH is 1. The highest BCUT2D eigenvalue weighted by Crippen LogP contribution is 2.13. The summed E-state index contributed by atoms with van der Waals surface area (Å²) in [6.07, 6.45) is 21.4. The van der Waals surface area contributed by atoms with Gasteiger partial charge < -0.3 is 19.8 Å². The van der Waals surface area contributed by atoms with Crippen LogP contribution in [0.3, 0.4) is 0 Å². The van der Waals surface area contributed by atoms with Gasteiger partial charge in [-0.05, 0) is 61.0 Å². The number of unbranched alkanes of at least 4 members (excludes halogenated alkanes) is 9. The molecule has 0 unspecified atom stereocenters. The summed E-state index contributed by atoms with van der Waals surface area (Å²) in [4.78, 5) is 23.8. The van der Waals surface area contributed by atoms with Gasteiger partial charge in [0.15, 0.2) is 0 Å². The Morgan fingerprint density at radius 3 is 1.93 bits per heavy atom. The monoisotopic (exact) mass is 631 g/mol. The molecule has 0 saturated heterocycles. The lowest BCUT2D eigenvalue weighted by Crippen LogP contribution is -2.21. The van der Waals surface area contributed by atoms with Gasteiger partial charge in [-0.25, -0.2) is 9.59 Å². The van der Waals surface area contributed by atoms with E-state index in [-0.39, 0.29) is 22.6 Å². The first-order chi connectivity index (χ1) is 21.1. The van der Waals surface area contributed by atoms with Gasteiger partial charge in [-0.3, -0.25) is 4.55 Å². The van der Waals surface area contributed by atoms with Crippen LogP contribution in [0.4, 0.5) is 0 Å². The topological polar surface area (TPSA) is 141 Å². The maximum atomic E-state index is 11.0. The highest BCUT2D eigenvalue weighted by atomic mass is 32.2. The Bertz CT molecular complexity index is 1260. The summed E-state index contributed by atoms with van der Waals surface area (Å²) in [5.74, 6) is -1.60. The van der Waals surface area contributed by atoms with Crippen molar-refractivity contribution in [3.8, 4) is 0 Å². The largest absolute Gasteiger partial charge is 0.478 e. The standard InChI is InChI=1S/C19H35NO.C9H8O4.C6H6O3S/c1-2-3-4-5-6-7-8-9-10-11-15-20-16-12-19(13-17-20)14-18-21;1-13-9(12)7-4-2-3-6(5-7)8(10)11;7-10(8,9)6-4-2-1-3-5-6/h12-13,16,21H,2-11,14-15,17-18H2,1H3;2-5H,1H3,(H,10,11);1-5H,(H,7,8,9). The van der Waals surface area contributed by atoms with E-state index < -0.39 is 22.1 Å². The first kappa shape index (κ1) is 38.6. The fourth-order valence-electron chi connectivity index (χ4n) is 4.34. The minimum atomic E-state index is -4.00. The zero-order valence-electron chi connectivity index (χ0n) is 26.1. The lowest BCUT2D eigenvalue weighted by Gasteiger charge is -2.22. The van der Waals surface area contributed by atoms with Crippen molar-refractivity contribution < 1.29 is 37.5 Å². The Hall–Kier alpha value is -3.47. The average molecular weight is 632 g/mol. The molecule has 10 heteroatoms. The molecular weight excluding hydrogens is 582 g/mol. The third-order valence-electron chi connectivity index (χ3n) is 6.86. The number of benzene rings is 2. The molecular formula is C34H49NO8S. The number of nitrogens with zero attached hydrogens (tertiary/aromatic N) is 1. The van der Waals surface area contributed by atoms with Gasteiger partial charge in [0.2, 0.25) is 0 Å². The smallest absolute Gasteiger partial charge is 0.337 e. The van der Waals surface area contributed by atoms with Crippen molar-refractivity contribution in [2.45, 2.75) is 82.4 Å². The quantitative estimate of drug-likeness (QED) is 0.100. The third-order valence-corrected chi connectivity index (χ3v) is 7.73. The molecule has 244 valence electrons. The van der Waals surface area contributed by atoms with Crippen LogP contribution in [0.25, 0.3) is 0 Å².